The molecule has 1 fully saturated rings. The summed E-state index contributed by atoms with van der Waals surface area (Å²) in [6, 6.07) is 11.1. The van der Waals surface area contributed by atoms with E-state index in [-0.39, 0.29) is 12.0 Å². The van der Waals surface area contributed by atoms with Crippen LogP contribution in [0.4, 0.5) is 10.5 Å². The van der Waals surface area contributed by atoms with Crippen LogP contribution in [0.1, 0.15) is 22.8 Å². The highest BCUT2D eigenvalue weighted by molar-refractivity contribution is 5.89. The van der Waals surface area contributed by atoms with Crippen molar-refractivity contribution in [2.24, 2.45) is 0 Å². The van der Waals surface area contributed by atoms with Crippen molar-refractivity contribution in [3.05, 3.63) is 59.9 Å². The minimum atomic E-state index is -0.306. The van der Waals surface area contributed by atoms with Crippen LogP contribution < -0.4 is 10.2 Å². The highest BCUT2D eigenvalue weighted by atomic mass is 16.5. The lowest BCUT2D eigenvalue weighted by molar-refractivity contribution is 0.0526. The molecule has 0 atom stereocenters. The summed E-state index contributed by atoms with van der Waals surface area (Å²) in [5, 5.41) is 2.94. The number of carbonyl (C=O) groups excluding carboxylic acids is 2. The van der Waals surface area contributed by atoms with Crippen LogP contribution in [-0.2, 0) is 11.3 Å². The Morgan fingerprint density at radius 2 is 1.70 bits per heavy atom. The maximum Gasteiger partial charge on any atom is 0.338 e. The SMILES string of the molecule is CCOC(=O)c1ccc(N2CCN(C(=O)NCc3ccncc3)CC2)cc1. The summed E-state index contributed by atoms with van der Waals surface area (Å²) in [6.45, 7) is 5.47. The molecule has 0 spiro atoms. The van der Waals surface area contributed by atoms with E-state index in [9.17, 15) is 9.59 Å². The van der Waals surface area contributed by atoms with Crippen molar-refractivity contribution in [3.63, 3.8) is 0 Å². The maximum atomic E-state index is 12.3. The Balaban J connectivity index is 1.48. The van der Waals surface area contributed by atoms with Gasteiger partial charge in [0.1, 0.15) is 0 Å². The van der Waals surface area contributed by atoms with Crippen LogP contribution in [0.5, 0.6) is 0 Å². The second-order valence-electron chi connectivity index (χ2n) is 6.26. The van der Waals surface area contributed by atoms with Crippen molar-refractivity contribution in [3.8, 4) is 0 Å². The van der Waals surface area contributed by atoms with Crippen LogP contribution in [0.25, 0.3) is 0 Å². The van der Waals surface area contributed by atoms with Crippen LogP contribution in [0, 0.1) is 0 Å². The number of hydrogen-bond acceptors (Lipinski definition) is 5. The third kappa shape index (κ3) is 4.97. The molecule has 142 valence electrons. The molecule has 0 bridgehead atoms. The smallest absolute Gasteiger partial charge is 0.338 e. The van der Waals surface area contributed by atoms with E-state index in [0.29, 0.717) is 31.8 Å². The van der Waals surface area contributed by atoms with Crippen LogP contribution in [0.2, 0.25) is 0 Å². The average molecular weight is 368 g/mol. The summed E-state index contributed by atoms with van der Waals surface area (Å²) in [5.41, 5.74) is 2.62. The van der Waals surface area contributed by atoms with Gasteiger partial charge >= 0.3 is 12.0 Å². The molecule has 2 heterocycles. The maximum absolute atomic E-state index is 12.3. The number of aromatic nitrogens is 1. The molecule has 2 aromatic rings. The number of pyridine rings is 1. The number of amides is 2. The number of carbonyl (C=O) groups is 2. The van der Waals surface area contributed by atoms with Gasteiger partial charge in [-0.15, -0.1) is 0 Å². The first-order chi connectivity index (χ1) is 13.2. The van der Waals surface area contributed by atoms with Crippen molar-refractivity contribution >= 4 is 17.7 Å². The number of hydrogen-bond donors (Lipinski definition) is 1. The molecule has 7 nitrogen and oxygen atoms in total. The minimum absolute atomic E-state index is 0.0517. The number of nitrogens with zero attached hydrogens (tertiary/aromatic N) is 3. The number of ether oxygens (including phenoxy) is 1. The van der Waals surface area contributed by atoms with E-state index in [2.05, 4.69) is 15.2 Å². The lowest BCUT2D eigenvalue weighted by Gasteiger charge is -2.36. The van der Waals surface area contributed by atoms with Gasteiger partial charge in [0.15, 0.2) is 0 Å². The average Bonchev–Trinajstić information content (AvgIpc) is 2.73. The Hall–Kier alpha value is -3.09. The molecule has 1 aliphatic rings. The summed E-state index contributed by atoms with van der Waals surface area (Å²) < 4.78 is 5.00. The first kappa shape index (κ1) is 18.7. The van der Waals surface area contributed by atoms with Gasteiger partial charge in [0.25, 0.3) is 0 Å². The summed E-state index contributed by atoms with van der Waals surface area (Å²) in [4.78, 5) is 32.1. The van der Waals surface area contributed by atoms with Gasteiger partial charge in [0, 0.05) is 50.8 Å². The van der Waals surface area contributed by atoms with E-state index >= 15 is 0 Å². The van der Waals surface area contributed by atoms with Crippen LogP contribution >= 0.6 is 0 Å². The van der Waals surface area contributed by atoms with Gasteiger partial charge in [-0.05, 0) is 48.9 Å². The van der Waals surface area contributed by atoms with Gasteiger partial charge in [0.2, 0.25) is 0 Å². The lowest BCUT2D eigenvalue weighted by Crippen LogP contribution is -2.51. The number of nitrogens with one attached hydrogen (secondary N) is 1. The summed E-state index contributed by atoms with van der Waals surface area (Å²) in [5.74, 6) is -0.306. The largest absolute Gasteiger partial charge is 0.462 e. The number of benzene rings is 1. The molecule has 0 unspecified atom stereocenters. The molecule has 1 aromatic heterocycles. The molecular weight excluding hydrogens is 344 g/mol. The second-order valence-corrected chi connectivity index (χ2v) is 6.26. The summed E-state index contributed by atoms with van der Waals surface area (Å²) in [7, 11) is 0. The molecule has 27 heavy (non-hydrogen) atoms. The number of esters is 1. The van der Waals surface area contributed by atoms with E-state index < -0.39 is 0 Å². The Kier molecular flexibility index (Phi) is 6.25. The van der Waals surface area contributed by atoms with Gasteiger partial charge in [-0.25, -0.2) is 9.59 Å². The molecule has 3 rings (SSSR count). The van der Waals surface area contributed by atoms with Crippen molar-refractivity contribution in [2.45, 2.75) is 13.5 Å². The molecule has 1 N–H and O–H groups in total. The van der Waals surface area contributed by atoms with E-state index in [1.807, 2.05) is 29.2 Å². The predicted octanol–water partition coefficient (Wildman–Crippen LogP) is 2.29. The van der Waals surface area contributed by atoms with Crippen molar-refractivity contribution in [1.82, 2.24) is 15.2 Å². The fraction of sp³-hybridized carbons (Fsp3) is 0.350. The zero-order chi connectivity index (χ0) is 19.1. The Morgan fingerprint density at radius 1 is 1.04 bits per heavy atom. The van der Waals surface area contributed by atoms with Crippen LogP contribution in [0.3, 0.4) is 0 Å². The molecule has 1 aliphatic heterocycles. The van der Waals surface area contributed by atoms with E-state index in [1.165, 1.54) is 0 Å². The van der Waals surface area contributed by atoms with Gasteiger partial charge in [-0.1, -0.05) is 0 Å². The second kappa shape index (κ2) is 9.02. The fourth-order valence-electron chi connectivity index (χ4n) is 2.98. The topological polar surface area (TPSA) is 74.8 Å². The number of piperazine rings is 1. The van der Waals surface area contributed by atoms with E-state index in [0.717, 1.165) is 24.3 Å². The van der Waals surface area contributed by atoms with Gasteiger partial charge in [-0.2, -0.15) is 0 Å². The van der Waals surface area contributed by atoms with Gasteiger partial charge in [-0.3, -0.25) is 4.98 Å². The summed E-state index contributed by atoms with van der Waals surface area (Å²) in [6.07, 6.45) is 3.43. The highest BCUT2D eigenvalue weighted by Crippen LogP contribution is 2.18. The van der Waals surface area contributed by atoms with Crippen molar-refractivity contribution in [2.75, 3.05) is 37.7 Å². The molecule has 1 aromatic carbocycles. The summed E-state index contributed by atoms with van der Waals surface area (Å²) >= 11 is 0. The molecular formula is C20H24N4O3. The minimum Gasteiger partial charge on any atom is -0.462 e. The molecule has 1 saturated heterocycles. The first-order valence-corrected chi connectivity index (χ1v) is 9.11. The molecule has 2 amide bonds. The van der Waals surface area contributed by atoms with Crippen LogP contribution in [-0.4, -0.2) is 54.7 Å². The lowest BCUT2D eigenvalue weighted by atomic mass is 10.2. The predicted molar refractivity (Wildman–Crippen MR) is 103 cm³/mol. The van der Waals surface area contributed by atoms with E-state index in [1.54, 1.807) is 31.5 Å². The quantitative estimate of drug-likeness (QED) is 0.820. The molecule has 7 heteroatoms. The monoisotopic (exact) mass is 368 g/mol. The molecule has 0 aliphatic carbocycles. The number of urea groups is 1. The van der Waals surface area contributed by atoms with E-state index in [4.69, 9.17) is 4.74 Å². The zero-order valence-corrected chi connectivity index (χ0v) is 15.4. The normalized spacial score (nSPS) is 14.0. The van der Waals surface area contributed by atoms with Crippen molar-refractivity contribution in [1.29, 1.82) is 0 Å². The third-order valence-electron chi connectivity index (χ3n) is 4.50. The zero-order valence-electron chi connectivity index (χ0n) is 15.4. The van der Waals surface area contributed by atoms with Crippen molar-refractivity contribution < 1.29 is 14.3 Å². The standard InChI is InChI=1S/C20H24N4O3/c1-2-27-19(25)17-3-5-18(6-4-17)23-11-13-24(14-12-23)20(26)22-15-16-7-9-21-10-8-16/h3-10H,2,11-15H2,1H3,(H,22,26). The number of rotatable bonds is 5. The Morgan fingerprint density at radius 3 is 2.33 bits per heavy atom. The van der Waals surface area contributed by atoms with Gasteiger partial charge in [0.05, 0.1) is 12.2 Å². The Labute approximate surface area is 158 Å². The fourth-order valence-corrected chi connectivity index (χ4v) is 2.98. The highest BCUT2D eigenvalue weighted by Gasteiger charge is 2.21. The first-order valence-electron chi connectivity index (χ1n) is 9.11. The number of anilines is 1. The molecule has 0 saturated carbocycles. The van der Waals surface area contributed by atoms with Gasteiger partial charge < -0.3 is 19.9 Å². The third-order valence-corrected chi connectivity index (χ3v) is 4.50. The molecule has 0 radical (unpaired) electrons. The van der Waals surface area contributed by atoms with Crippen LogP contribution in [0.15, 0.2) is 48.8 Å². The Bertz CT molecular complexity index is 757.